The monoisotopic (exact) mass is 385 g/mol. The lowest BCUT2D eigenvalue weighted by atomic mass is 10.1. The Kier molecular flexibility index (Phi) is 9.48. The van der Waals surface area contributed by atoms with Gasteiger partial charge in [-0.2, -0.15) is 0 Å². The first-order valence-electron chi connectivity index (χ1n) is 10.4. The van der Waals surface area contributed by atoms with Crippen molar-refractivity contribution in [3.63, 3.8) is 0 Å². The van der Waals surface area contributed by atoms with Crippen molar-refractivity contribution < 1.29 is 14.7 Å². The summed E-state index contributed by atoms with van der Waals surface area (Å²) in [6, 6.07) is 12.9. The molecule has 2 atom stereocenters. The standard InChI is InChI=1S/C24H36N2O2/c1-5-15-28-19-24(27)18-25(14-12-20(2)3)17-23-11-8-13-26(23)16-22-10-7-6-9-21(22)4/h5-11,13,20,24,27H,1,12,14-19H2,2-4H3/p+1/t24-/m1/s1. The quantitative estimate of drug-likeness (QED) is 0.411. The summed E-state index contributed by atoms with van der Waals surface area (Å²) < 4.78 is 7.77. The van der Waals surface area contributed by atoms with E-state index in [1.807, 2.05) is 0 Å². The van der Waals surface area contributed by atoms with E-state index in [0.717, 1.165) is 26.1 Å². The maximum Gasteiger partial charge on any atom is 0.126 e. The van der Waals surface area contributed by atoms with E-state index in [1.165, 1.54) is 21.7 Å². The van der Waals surface area contributed by atoms with Crippen LogP contribution in [0.5, 0.6) is 0 Å². The Hall–Kier alpha value is -1.88. The molecule has 0 saturated heterocycles. The molecule has 4 heteroatoms. The van der Waals surface area contributed by atoms with Gasteiger partial charge in [-0.3, -0.25) is 0 Å². The van der Waals surface area contributed by atoms with Crippen molar-refractivity contribution in [2.75, 3.05) is 26.3 Å². The molecule has 0 amide bonds. The number of benzene rings is 1. The van der Waals surface area contributed by atoms with Gasteiger partial charge in [0.2, 0.25) is 0 Å². The maximum atomic E-state index is 10.4. The normalized spacial score (nSPS) is 13.6. The van der Waals surface area contributed by atoms with Crippen LogP contribution in [0.25, 0.3) is 0 Å². The minimum atomic E-state index is -0.457. The molecule has 4 nitrogen and oxygen atoms in total. The molecule has 1 aromatic heterocycles. The fraction of sp³-hybridized carbons (Fsp3) is 0.500. The summed E-state index contributed by atoms with van der Waals surface area (Å²) in [5.41, 5.74) is 3.98. The number of ether oxygens (including phenoxy) is 1. The zero-order chi connectivity index (χ0) is 20.4. The molecule has 0 spiro atoms. The van der Waals surface area contributed by atoms with Gasteiger partial charge in [-0.1, -0.05) is 44.2 Å². The van der Waals surface area contributed by atoms with Crippen molar-refractivity contribution in [1.82, 2.24) is 4.57 Å². The molecule has 0 saturated carbocycles. The van der Waals surface area contributed by atoms with Crippen LogP contribution in [0.4, 0.5) is 0 Å². The SMILES string of the molecule is C=CCOC[C@H](O)C[NH+](CCC(C)C)Cc1cccn1Cc1ccccc1C. The first kappa shape index (κ1) is 22.4. The smallest absolute Gasteiger partial charge is 0.126 e. The van der Waals surface area contributed by atoms with Crippen molar-refractivity contribution in [3.05, 3.63) is 72.1 Å². The minimum absolute atomic E-state index is 0.363. The van der Waals surface area contributed by atoms with Gasteiger partial charge in [-0.25, -0.2) is 0 Å². The Morgan fingerprint density at radius 3 is 2.71 bits per heavy atom. The fourth-order valence-corrected chi connectivity index (χ4v) is 3.43. The van der Waals surface area contributed by atoms with Gasteiger partial charge in [0, 0.05) is 12.7 Å². The number of nitrogens with one attached hydrogen (secondary N) is 1. The zero-order valence-corrected chi connectivity index (χ0v) is 17.7. The third-order valence-corrected chi connectivity index (χ3v) is 5.10. The average molecular weight is 386 g/mol. The second-order valence-electron chi connectivity index (χ2n) is 8.10. The summed E-state index contributed by atoms with van der Waals surface area (Å²) in [5.74, 6) is 0.655. The number of rotatable bonds is 13. The molecule has 0 aliphatic rings. The third kappa shape index (κ3) is 7.63. The van der Waals surface area contributed by atoms with Gasteiger partial charge in [0.25, 0.3) is 0 Å². The van der Waals surface area contributed by atoms with E-state index in [4.69, 9.17) is 4.74 Å². The lowest BCUT2D eigenvalue weighted by molar-refractivity contribution is -0.917. The van der Waals surface area contributed by atoms with Crippen LogP contribution in [-0.2, 0) is 17.8 Å². The minimum Gasteiger partial charge on any atom is -0.385 e. The Labute approximate surface area is 170 Å². The second-order valence-corrected chi connectivity index (χ2v) is 8.10. The van der Waals surface area contributed by atoms with Crippen LogP contribution in [0, 0.1) is 12.8 Å². The Balaban J connectivity index is 2.03. The van der Waals surface area contributed by atoms with Gasteiger partial charge in [-0.15, -0.1) is 6.58 Å². The highest BCUT2D eigenvalue weighted by atomic mass is 16.5. The van der Waals surface area contributed by atoms with E-state index in [0.29, 0.717) is 25.7 Å². The van der Waals surface area contributed by atoms with Crippen molar-refractivity contribution in [3.8, 4) is 0 Å². The van der Waals surface area contributed by atoms with E-state index in [9.17, 15) is 5.11 Å². The molecule has 0 aliphatic carbocycles. The van der Waals surface area contributed by atoms with Gasteiger partial charge >= 0.3 is 0 Å². The second kappa shape index (κ2) is 11.8. The summed E-state index contributed by atoms with van der Waals surface area (Å²) in [6.45, 7) is 14.7. The highest BCUT2D eigenvalue weighted by Gasteiger charge is 2.18. The molecular formula is C24H37N2O2+. The van der Waals surface area contributed by atoms with Gasteiger partial charge in [-0.05, 0) is 42.5 Å². The summed E-state index contributed by atoms with van der Waals surface area (Å²) in [4.78, 5) is 1.40. The molecule has 28 heavy (non-hydrogen) atoms. The third-order valence-electron chi connectivity index (χ3n) is 5.10. The highest BCUT2D eigenvalue weighted by molar-refractivity contribution is 5.26. The highest BCUT2D eigenvalue weighted by Crippen LogP contribution is 2.11. The summed E-state index contributed by atoms with van der Waals surface area (Å²) >= 11 is 0. The molecule has 0 aliphatic heterocycles. The molecule has 1 aromatic carbocycles. The van der Waals surface area contributed by atoms with E-state index < -0.39 is 6.10 Å². The van der Waals surface area contributed by atoms with Gasteiger partial charge in [0.1, 0.15) is 19.2 Å². The number of quaternary nitrogens is 1. The molecule has 2 aromatic rings. The van der Waals surface area contributed by atoms with Gasteiger partial charge in [0.05, 0.1) is 25.5 Å². The Bertz CT molecular complexity index is 708. The molecule has 2 rings (SSSR count). The van der Waals surface area contributed by atoms with E-state index in [1.54, 1.807) is 6.08 Å². The van der Waals surface area contributed by atoms with Crippen LogP contribution in [0.15, 0.2) is 55.3 Å². The van der Waals surface area contributed by atoms with Gasteiger partial charge < -0.3 is 19.3 Å². The molecule has 1 unspecified atom stereocenters. The predicted molar refractivity (Wildman–Crippen MR) is 116 cm³/mol. The van der Waals surface area contributed by atoms with Crippen molar-refractivity contribution in [2.24, 2.45) is 5.92 Å². The topological polar surface area (TPSA) is 38.8 Å². The van der Waals surface area contributed by atoms with Crippen molar-refractivity contribution in [2.45, 2.75) is 46.4 Å². The van der Waals surface area contributed by atoms with E-state index in [2.05, 4.69) is 74.5 Å². The van der Waals surface area contributed by atoms with Crippen LogP contribution in [0.3, 0.4) is 0 Å². The molecule has 0 radical (unpaired) electrons. The first-order valence-corrected chi connectivity index (χ1v) is 10.4. The van der Waals surface area contributed by atoms with Crippen LogP contribution in [0.2, 0.25) is 0 Å². The largest absolute Gasteiger partial charge is 0.385 e. The van der Waals surface area contributed by atoms with Crippen LogP contribution in [-0.4, -0.2) is 42.1 Å². The Morgan fingerprint density at radius 2 is 2.00 bits per heavy atom. The van der Waals surface area contributed by atoms with E-state index >= 15 is 0 Å². The zero-order valence-electron chi connectivity index (χ0n) is 17.7. The lowest BCUT2D eigenvalue weighted by Crippen LogP contribution is -3.12. The number of hydrogen-bond acceptors (Lipinski definition) is 2. The fourth-order valence-electron chi connectivity index (χ4n) is 3.43. The van der Waals surface area contributed by atoms with Crippen LogP contribution >= 0.6 is 0 Å². The number of nitrogens with zero attached hydrogens (tertiary/aromatic N) is 1. The molecule has 2 N–H and O–H groups in total. The maximum absolute atomic E-state index is 10.4. The Morgan fingerprint density at radius 1 is 1.21 bits per heavy atom. The number of aryl methyl sites for hydroxylation is 1. The summed E-state index contributed by atoms with van der Waals surface area (Å²) in [5, 5.41) is 10.4. The summed E-state index contributed by atoms with van der Waals surface area (Å²) in [6.07, 6.45) is 4.57. The molecule has 0 fully saturated rings. The first-order chi connectivity index (χ1) is 13.5. The van der Waals surface area contributed by atoms with Crippen molar-refractivity contribution >= 4 is 0 Å². The number of hydrogen-bond donors (Lipinski definition) is 2. The van der Waals surface area contributed by atoms with Crippen molar-refractivity contribution in [1.29, 1.82) is 0 Å². The predicted octanol–water partition coefficient (Wildman–Crippen LogP) is 2.84. The molecule has 0 bridgehead atoms. The number of aliphatic hydroxyl groups is 1. The van der Waals surface area contributed by atoms with Crippen LogP contribution in [0.1, 0.15) is 37.1 Å². The van der Waals surface area contributed by atoms with E-state index in [-0.39, 0.29) is 0 Å². The summed E-state index contributed by atoms with van der Waals surface area (Å²) in [7, 11) is 0. The van der Waals surface area contributed by atoms with Crippen LogP contribution < -0.4 is 4.90 Å². The molecule has 154 valence electrons. The molecule has 1 heterocycles. The average Bonchev–Trinajstić information content (AvgIpc) is 3.08. The number of aromatic nitrogens is 1. The number of aliphatic hydroxyl groups excluding tert-OH is 1. The molecular weight excluding hydrogens is 348 g/mol. The lowest BCUT2D eigenvalue weighted by Gasteiger charge is -2.24. The van der Waals surface area contributed by atoms with Gasteiger partial charge in [0.15, 0.2) is 0 Å².